The highest BCUT2D eigenvalue weighted by Gasteiger charge is 2.17. The number of aryl methyl sites for hydroxylation is 1. The lowest BCUT2D eigenvalue weighted by molar-refractivity contribution is -0.0394. The maximum Gasteiger partial charge on any atom is 0.150 e. The van der Waals surface area contributed by atoms with E-state index in [1.807, 2.05) is 29.9 Å². The van der Waals surface area contributed by atoms with Gasteiger partial charge >= 0.3 is 0 Å². The van der Waals surface area contributed by atoms with Crippen LogP contribution in [0.25, 0.3) is 11.1 Å². The number of aromatic nitrogens is 2. The Labute approximate surface area is 112 Å². The van der Waals surface area contributed by atoms with Crippen molar-refractivity contribution in [3.63, 3.8) is 0 Å². The fourth-order valence-electron chi connectivity index (χ4n) is 2.45. The minimum Gasteiger partial charge on any atom is -0.507 e. The molecule has 0 saturated carbocycles. The van der Waals surface area contributed by atoms with Crippen molar-refractivity contribution in [3.05, 3.63) is 36.2 Å². The van der Waals surface area contributed by atoms with Gasteiger partial charge in [0.1, 0.15) is 12.0 Å². The third kappa shape index (κ3) is 2.49. The average molecular weight is 258 g/mol. The highest BCUT2D eigenvalue weighted by molar-refractivity contribution is 5.69. The fraction of sp³-hybridized carbons (Fsp3) is 0.400. The van der Waals surface area contributed by atoms with Gasteiger partial charge in [-0.05, 0) is 38.3 Å². The lowest BCUT2D eigenvalue weighted by atomic mass is 10.1. The summed E-state index contributed by atoms with van der Waals surface area (Å²) < 4.78 is 7.56. The summed E-state index contributed by atoms with van der Waals surface area (Å²) in [5.41, 5.74) is 2.87. The molecule has 1 N–H and O–H groups in total. The molecule has 1 saturated heterocycles. The van der Waals surface area contributed by atoms with Gasteiger partial charge in [0, 0.05) is 23.9 Å². The lowest BCUT2D eigenvalue weighted by Gasteiger charge is -2.22. The summed E-state index contributed by atoms with van der Waals surface area (Å²) in [4.78, 5) is 0. The Morgan fingerprint density at radius 1 is 1.37 bits per heavy atom. The molecule has 1 atom stereocenters. The predicted octanol–water partition coefficient (Wildman–Crippen LogP) is 3.26. The van der Waals surface area contributed by atoms with Gasteiger partial charge in [0.2, 0.25) is 0 Å². The molecule has 0 spiro atoms. The van der Waals surface area contributed by atoms with Gasteiger partial charge in [-0.2, -0.15) is 5.10 Å². The van der Waals surface area contributed by atoms with Crippen LogP contribution in [0.15, 0.2) is 30.6 Å². The topological polar surface area (TPSA) is 47.3 Å². The Balaban J connectivity index is 1.89. The van der Waals surface area contributed by atoms with E-state index in [0.29, 0.717) is 0 Å². The number of hydrogen-bond donors (Lipinski definition) is 1. The molecule has 2 aromatic rings. The molecule has 0 bridgehead atoms. The molecule has 4 heteroatoms. The first-order valence-corrected chi connectivity index (χ1v) is 6.70. The second-order valence-electron chi connectivity index (χ2n) is 5.05. The van der Waals surface area contributed by atoms with Gasteiger partial charge in [-0.1, -0.05) is 11.6 Å². The van der Waals surface area contributed by atoms with Crippen molar-refractivity contribution in [1.82, 2.24) is 9.78 Å². The van der Waals surface area contributed by atoms with Crippen molar-refractivity contribution in [3.8, 4) is 16.9 Å². The summed E-state index contributed by atoms with van der Waals surface area (Å²) in [7, 11) is 0. The molecule has 100 valence electrons. The standard InChI is InChI=1S/C15H18N2O2/c1-11-5-6-14(18)13(8-11)12-9-16-17(10-12)15-4-2-3-7-19-15/h5-6,8-10,15,18H,2-4,7H2,1H3. The molecule has 1 unspecified atom stereocenters. The maximum absolute atomic E-state index is 9.94. The number of phenols is 1. The van der Waals surface area contributed by atoms with Crippen LogP contribution in [0.1, 0.15) is 31.1 Å². The van der Waals surface area contributed by atoms with Crippen LogP contribution in [-0.2, 0) is 4.74 Å². The minimum atomic E-state index is 0.0365. The van der Waals surface area contributed by atoms with E-state index in [0.717, 1.165) is 36.1 Å². The molecule has 19 heavy (non-hydrogen) atoms. The maximum atomic E-state index is 9.94. The highest BCUT2D eigenvalue weighted by atomic mass is 16.5. The minimum absolute atomic E-state index is 0.0365. The lowest BCUT2D eigenvalue weighted by Crippen LogP contribution is -2.18. The number of aromatic hydroxyl groups is 1. The van der Waals surface area contributed by atoms with Crippen molar-refractivity contribution in [1.29, 1.82) is 0 Å². The summed E-state index contributed by atoms with van der Waals surface area (Å²) >= 11 is 0. The van der Waals surface area contributed by atoms with Gasteiger partial charge in [0.25, 0.3) is 0 Å². The van der Waals surface area contributed by atoms with Crippen molar-refractivity contribution >= 4 is 0 Å². The van der Waals surface area contributed by atoms with E-state index in [9.17, 15) is 5.11 Å². The number of hydrogen-bond acceptors (Lipinski definition) is 3. The Bertz CT molecular complexity index is 571. The van der Waals surface area contributed by atoms with E-state index < -0.39 is 0 Å². The highest BCUT2D eigenvalue weighted by Crippen LogP contribution is 2.31. The summed E-state index contributed by atoms with van der Waals surface area (Å²) in [6.07, 6.45) is 7.07. The molecule has 0 amide bonds. The number of benzene rings is 1. The van der Waals surface area contributed by atoms with Gasteiger partial charge < -0.3 is 9.84 Å². The quantitative estimate of drug-likeness (QED) is 0.899. The molecule has 3 rings (SSSR count). The SMILES string of the molecule is Cc1ccc(O)c(-c2cnn(C3CCCCO3)c2)c1. The van der Waals surface area contributed by atoms with E-state index in [2.05, 4.69) is 5.10 Å². The third-order valence-electron chi connectivity index (χ3n) is 3.52. The largest absolute Gasteiger partial charge is 0.507 e. The first-order valence-electron chi connectivity index (χ1n) is 6.70. The third-order valence-corrected chi connectivity index (χ3v) is 3.52. The number of ether oxygens (including phenoxy) is 1. The molecule has 4 nitrogen and oxygen atoms in total. The van der Waals surface area contributed by atoms with E-state index in [4.69, 9.17) is 4.74 Å². The van der Waals surface area contributed by atoms with Gasteiger partial charge in [0.05, 0.1) is 6.20 Å². The summed E-state index contributed by atoms with van der Waals surface area (Å²) in [5.74, 6) is 0.287. The summed E-state index contributed by atoms with van der Waals surface area (Å²) in [5, 5.41) is 14.3. The molecule has 0 aliphatic carbocycles. The van der Waals surface area contributed by atoms with Crippen LogP contribution in [0.2, 0.25) is 0 Å². The normalized spacial score (nSPS) is 19.5. The number of nitrogens with zero attached hydrogens (tertiary/aromatic N) is 2. The van der Waals surface area contributed by atoms with Crippen molar-refractivity contribution < 1.29 is 9.84 Å². The van der Waals surface area contributed by atoms with E-state index in [1.54, 1.807) is 12.3 Å². The van der Waals surface area contributed by atoms with Crippen molar-refractivity contribution in [2.45, 2.75) is 32.4 Å². The molecule has 1 aromatic heterocycles. The van der Waals surface area contributed by atoms with Crippen LogP contribution in [0.5, 0.6) is 5.75 Å². The smallest absolute Gasteiger partial charge is 0.150 e. The zero-order chi connectivity index (χ0) is 13.2. The van der Waals surface area contributed by atoms with Crippen molar-refractivity contribution in [2.75, 3.05) is 6.61 Å². The second-order valence-corrected chi connectivity index (χ2v) is 5.05. The van der Waals surface area contributed by atoms with Crippen LogP contribution >= 0.6 is 0 Å². The van der Waals surface area contributed by atoms with Gasteiger partial charge in [-0.25, -0.2) is 4.68 Å². The monoisotopic (exact) mass is 258 g/mol. The first kappa shape index (κ1) is 12.2. The Hall–Kier alpha value is -1.81. The van der Waals surface area contributed by atoms with Gasteiger partial charge in [-0.3, -0.25) is 0 Å². The van der Waals surface area contributed by atoms with Crippen LogP contribution < -0.4 is 0 Å². The molecule has 1 fully saturated rings. The summed E-state index contributed by atoms with van der Waals surface area (Å²) in [6, 6.07) is 5.59. The number of phenolic OH excluding ortho intramolecular Hbond substituents is 1. The van der Waals surface area contributed by atoms with Crippen LogP contribution in [0.3, 0.4) is 0 Å². The molecular formula is C15H18N2O2. The number of rotatable bonds is 2. The van der Waals surface area contributed by atoms with Gasteiger partial charge in [-0.15, -0.1) is 0 Å². The van der Waals surface area contributed by atoms with E-state index >= 15 is 0 Å². The zero-order valence-electron chi connectivity index (χ0n) is 11.0. The Morgan fingerprint density at radius 2 is 2.26 bits per heavy atom. The van der Waals surface area contributed by atoms with E-state index in [-0.39, 0.29) is 12.0 Å². The average Bonchev–Trinajstić information content (AvgIpc) is 2.92. The predicted molar refractivity (Wildman–Crippen MR) is 72.9 cm³/mol. The molecule has 2 heterocycles. The molecule has 1 aliphatic heterocycles. The summed E-state index contributed by atoms with van der Waals surface area (Å²) in [6.45, 7) is 2.81. The second kappa shape index (κ2) is 5.05. The van der Waals surface area contributed by atoms with Crippen LogP contribution in [0.4, 0.5) is 0 Å². The Morgan fingerprint density at radius 3 is 3.05 bits per heavy atom. The van der Waals surface area contributed by atoms with Crippen LogP contribution in [-0.4, -0.2) is 21.5 Å². The van der Waals surface area contributed by atoms with Crippen LogP contribution in [0, 0.1) is 6.92 Å². The molecule has 1 aliphatic rings. The molecule has 0 radical (unpaired) electrons. The van der Waals surface area contributed by atoms with Gasteiger partial charge in [0.15, 0.2) is 0 Å². The zero-order valence-corrected chi connectivity index (χ0v) is 11.0. The Kier molecular flexibility index (Phi) is 3.25. The fourth-order valence-corrected chi connectivity index (χ4v) is 2.45. The molecular weight excluding hydrogens is 240 g/mol. The first-order chi connectivity index (χ1) is 9.24. The van der Waals surface area contributed by atoms with E-state index in [1.165, 1.54) is 6.42 Å². The van der Waals surface area contributed by atoms with Crippen molar-refractivity contribution in [2.24, 2.45) is 0 Å². The molecule has 1 aromatic carbocycles.